The van der Waals surface area contributed by atoms with Gasteiger partial charge in [-0.1, -0.05) is 90.4 Å². The van der Waals surface area contributed by atoms with Gasteiger partial charge < -0.3 is 9.64 Å². The van der Waals surface area contributed by atoms with Crippen LogP contribution in [0.15, 0.2) is 0 Å². The van der Waals surface area contributed by atoms with Gasteiger partial charge in [0.1, 0.15) is 0 Å². The van der Waals surface area contributed by atoms with Gasteiger partial charge in [0.05, 0.1) is 6.61 Å². The number of ether oxygens (including phenoxy) is 1. The lowest BCUT2D eigenvalue weighted by molar-refractivity contribution is -0.144. The maximum absolute atomic E-state index is 11.8. The molecular weight excluding hydrogens is 370 g/mol. The number of rotatable bonds is 18. The number of unbranched alkanes of at least 4 members (excludes halogenated alkanes) is 12. The Hall–Kier alpha value is -0.280. The smallest absolute Gasteiger partial charge is 0.305 e. The molecule has 0 saturated carbocycles. The van der Waals surface area contributed by atoms with E-state index >= 15 is 0 Å². The SMILES string of the molecule is CCCCCCCCCCCCCCCC(=O)OCCCN1CCCCC1.Cl. The number of piperidine rings is 1. The number of esters is 1. The summed E-state index contributed by atoms with van der Waals surface area (Å²) in [7, 11) is 0. The van der Waals surface area contributed by atoms with E-state index in [-0.39, 0.29) is 18.4 Å². The van der Waals surface area contributed by atoms with Crippen LogP contribution in [0.4, 0.5) is 0 Å². The molecular formula is C24H48ClNO2. The van der Waals surface area contributed by atoms with Crippen molar-refractivity contribution >= 4 is 18.4 Å². The first-order valence-corrected chi connectivity index (χ1v) is 12.2. The fourth-order valence-electron chi connectivity index (χ4n) is 4.02. The van der Waals surface area contributed by atoms with Crippen LogP contribution in [-0.4, -0.2) is 37.1 Å². The summed E-state index contributed by atoms with van der Waals surface area (Å²) in [6.45, 7) is 6.43. The molecule has 1 fully saturated rings. The molecule has 0 N–H and O–H groups in total. The Morgan fingerprint density at radius 1 is 0.714 bits per heavy atom. The van der Waals surface area contributed by atoms with Crippen molar-refractivity contribution in [2.24, 2.45) is 0 Å². The highest BCUT2D eigenvalue weighted by atomic mass is 35.5. The van der Waals surface area contributed by atoms with Crippen LogP contribution >= 0.6 is 12.4 Å². The fourth-order valence-corrected chi connectivity index (χ4v) is 4.02. The molecule has 28 heavy (non-hydrogen) atoms. The van der Waals surface area contributed by atoms with Crippen molar-refractivity contribution in [1.29, 1.82) is 0 Å². The second-order valence-electron chi connectivity index (χ2n) is 8.47. The number of hydrogen-bond donors (Lipinski definition) is 0. The minimum Gasteiger partial charge on any atom is -0.466 e. The molecule has 4 heteroatoms. The standard InChI is InChI=1S/C24H47NO2.ClH/c1-2-3-4-5-6-7-8-9-10-11-12-13-15-19-24(26)27-23-18-22-25-20-16-14-17-21-25;/h2-23H2,1H3;1H. The minimum atomic E-state index is 0. The summed E-state index contributed by atoms with van der Waals surface area (Å²) in [5.41, 5.74) is 0. The maximum atomic E-state index is 11.8. The summed E-state index contributed by atoms with van der Waals surface area (Å²) < 4.78 is 5.37. The number of likely N-dealkylation sites (tertiary alicyclic amines) is 1. The van der Waals surface area contributed by atoms with E-state index in [1.165, 1.54) is 109 Å². The van der Waals surface area contributed by atoms with Gasteiger partial charge in [0.25, 0.3) is 0 Å². The largest absolute Gasteiger partial charge is 0.466 e. The maximum Gasteiger partial charge on any atom is 0.305 e. The lowest BCUT2D eigenvalue weighted by Gasteiger charge is -2.26. The highest BCUT2D eigenvalue weighted by molar-refractivity contribution is 5.85. The molecule has 0 spiro atoms. The van der Waals surface area contributed by atoms with Crippen molar-refractivity contribution < 1.29 is 9.53 Å². The Morgan fingerprint density at radius 2 is 1.21 bits per heavy atom. The Balaban J connectivity index is 0.00000729. The second-order valence-corrected chi connectivity index (χ2v) is 8.47. The average molecular weight is 418 g/mol. The summed E-state index contributed by atoms with van der Waals surface area (Å²) in [4.78, 5) is 14.3. The van der Waals surface area contributed by atoms with E-state index in [0.717, 1.165) is 19.4 Å². The molecule has 1 heterocycles. The van der Waals surface area contributed by atoms with Crippen LogP contribution in [0.2, 0.25) is 0 Å². The molecule has 0 radical (unpaired) electrons. The van der Waals surface area contributed by atoms with Crippen molar-refractivity contribution in [1.82, 2.24) is 4.90 Å². The molecule has 3 nitrogen and oxygen atoms in total. The molecule has 0 atom stereocenters. The van der Waals surface area contributed by atoms with Crippen molar-refractivity contribution in [3.05, 3.63) is 0 Å². The van der Waals surface area contributed by atoms with Crippen molar-refractivity contribution in [3.8, 4) is 0 Å². The predicted octanol–water partition coefficient (Wildman–Crippen LogP) is 7.31. The van der Waals surface area contributed by atoms with Gasteiger partial charge in [0.15, 0.2) is 0 Å². The van der Waals surface area contributed by atoms with Gasteiger partial charge >= 0.3 is 5.97 Å². The third kappa shape index (κ3) is 17.8. The van der Waals surface area contributed by atoms with Gasteiger partial charge in [0.2, 0.25) is 0 Å². The monoisotopic (exact) mass is 417 g/mol. The van der Waals surface area contributed by atoms with E-state index in [9.17, 15) is 4.79 Å². The average Bonchev–Trinajstić information content (AvgIpc) is 2.69. The second kappa shape index (κ2) is 21.4. The van der Waals surface area contributed by atoms with Crippen LogP contribution in [0.5, 0.6) is 0 Å². The molecule has 0 aromatic heterocycles. The third-order valence-corrected chi connectivity index (χ3v) is 5.81. The van der Waals surface area contributed by atoms with E-state index in [0.29, 0.717) is 13.0 Å². The highest BCUT2D eigenvalue weighted by Gasteiger charge is 2.09. The zero-order chi connectivity index (χ0) is 19.4. The lowest BCUT2D eigenvalue weighted by atomic mass is 10.0. The number of carbonyl (C=O) groups excluding carboxylic acids is 1. The molecule has 1 rings (SSSR count). The summed E-state index contributed by atoms with van der Waals surface area (Å²) in [6.07, 6.45) is 23.1. The fraction of sp³-hybridized carbons (Fsp3) is 0.958. The Kier molecular flexibility index (Phi) is 21.2. The van der Waals surface area contributed by atoms with E-state index in [4.69, 9.17) is 4.74 Å². The highest BCUT2D eigenvalue weighted by Crippen LogP contribution is 2.13. The molecule has 0 amide bonds. The first kappa shape index (κ1) is 27.7. The molecule has 168 valence electrons. The zero-order valence-corrected chi connectivity index (χ0v) is 19.5. The summed E-state index contributed by atoms with van der Waals surface area (Å²) in [6, 6.07) is 0. The van der Waals surface area contributed by atoms with Gasteiger partial charge in [-0.05, 0) is 38.8 Å². The van der Waals surface area contributed by atoms with E-state index in [1.54, 1.807) is 0 Å². The van der Waals surface area contributed by atoms with Crippen LogP contribution < -0.4 is 0 Å². The first-order chi connectivity index (χ1) is 13.3. The number of halogens is 1. The molecule has 0 bridgehead atoms. The van der Waals surface area contributed by atoms with Crippen LogP contribution in [0.25, 0.3) is 0 Å². The zero-order valence-electron chi connectivity index (χ0n) is 18.7. The first-order valence-electron chi connectivity index (χ1n) is 12.2. The van der Waals surface area contributed by atoms with E-state index in [1.807, 2.05) is 0 Å². The Morgan fingerprint density at radius 3 is 1.75 bits per heavy atom. The van der Waals surface area contributed by atoms with E-state index in [2.05, 4.69) is 11.8 Å². The van der Waals surface area contributed by atoms with Gasteiger partial charge in [-0.25, -0.2) is 0 Å². The molecule has 0 aliphatic carbocycles. The van der Waals surface area contributed by atoms with Crippen LogP contribution in [-0.2, 0) is 9.53 Å². The van der Waals surface area contributed by atoms with E-state index < -0.39 is 0 Å². The molecule has 1 aliphatic rings. The van der Waals surface area contributed by atoms with Gasteiger partial charge in [0, 0.05) is 13.0 Å². The van der Waals surface area contributed by atoms with Gasteiger partial charge in [-0.2, -0.15) is 0 Å². The van der Waals surface area contributed by atoms with Gasteiger partial charge in [-0.3, -0.25) is 4.79 Å². The number of hydrogen-bond acceptors (Lipinski definition) is 3. The summed E-state index contributed by atoms with van der Waals surface area (Å²) in [5, 5.41) is 0. The quantitative estimate of drug-likeness (QED) is 0.173. The van der Waals surface area contributed by atoms with Crippen LogP contribution in [0, 0.1) is 0 Å². The summed E-state index contributed by atoms with van der Waals surface area (Å²) >= 11 is 0. The normalized spacial score (nSPS) is 14.6. The molecule has 0 aromatic carbocycles. The third-order valence-electron chi connectivity index (χ3n) is 5.81. The summed E-state index contributed by atoms with van der Waals surface area (Å²) in [5.74, 6) is 0.0108. The topological polar surface area (TPSA) is 29.5 Å². The van der Waals surface area contributed by atoms with Crippen LogP contribution in [0.3, 0.4) is 0 Å². The number of nitrogens with zero attached hydrogens (tertiary/aromatic N) is 1. The molecule has 1 saturated heterocycles. The minimum absolute atomic E-state index is 0. The van der Waals surface area contributed by atoms with Crippen molar-refractivity contribution in [3.63, 3.8) is 0 Å². The molecule has 1 aliphatic heterocycles. The predicted molar refractivity (Wildman–Crippen MR) is 123 cm³/mol. The van der Waals surface area contributed by atoms with Crippen molar-refractivity contribution in [2.75, 3.05) is 26.2 Å². The molecule has 0 unspecified atom stereocenters. The number of carbonyl (C=O) groups is 1. The van der Waals surface area contributed by atoms with Gasteiger partial charge in [-0.15, -0.1) is 12.4 Å². The van der Waals surface area contributed by atoms with Crippen LogP contribution in [0.1, 0.15) is 122 Å². The molecule has 0 aromatic rings. The Labute approximate surface area is 181 Å². The lowest BCUT2D eigenvalue weighted by Crippen LogP contribution is -2.31. The van der Waals surface area contributed by atoms with Crippen molar-refractivity contribution in [2.45, 2.75) is 122 Å². The Bertz CT molecular complexity index is 333.